The summed E-state index contributed by atoms with van der Waals surface area (Å²) < 4.78 is 24.4. The van der Waals surface area contributed by atoms with Gasteiger partial charge in [0.2, 0.25) is 0 Å². The molecular weight excluding hydrogens is 303 g/mol. The Labute approximate surface area is 112 Å². The van der Waals surface area contributed by atoms with Crippen molar-refractivity contribution in [1.29, 1.82) is 0 Å². The average molecular weight is 313 g/mol. The number of nitrogen functional groups attached to an aromatic ring is 1. The van der Waals surface area contributed by atoms with E-state index < -0.39 is 5.82 Å². The predicted molar refractivity (Wildman–Crippen MR) is 69.4 cm³/mol. The van der Waals surface area contributed by atoms with E-state index in [-0.39, 0.29) is 5.88 Å². The molecule has 2 aromatic rings. The summed E-state index contributed by atoms with van der Waals surface area (Å²) >= 11 is 3.12. The van der Waals surface area contributed by atoms with Crippen LogP contribution in [0, 0.1) is 5.82 Å². The van der Waals surface area contributed by atoms with Crippen LogP contribution in [0.5, 0.6) is 17.4 Å². The summed E-state index contributed by atoms with van der Waals surface area (Å²) in [6.07, 6.45) is 1.44. The number of methoxy groups -OCH3 is 1. The molecule has 6 heteroatoms. The van der Waals surface area contributed by atoms with E-state index in [2.05, 4.69) is 20.9 Å². The Bertz CT molecular complexity index is 578. The van der Waals surface area contributed by atoms with Crippen molar-refractivity contribution < 1.29 is 13.9 Å². The minimum atomic E-state index is -0.570. The van der Waals surface area contributed by atoms with Crippen LogP contribution in [0.3, 0.4) is 0 Å². The van der Waals surface area contributed by atoms with Crippen molar-refractivity contribution >= 4 is 21.6 Å². The van der Waals surface area contributed by atoms with Gasteiger partial charge in [-0.3, -0.25) is 0 Å². The Balaban J connectivity index is 2.28. The number of aromatic nitrogens is 1. The third-order valence-corrected chi connectivity index (χ3v) is 2.63. The molecule has 0 unspecified atom stereocenters. The average Bonchev–Trinajstić information content (AvgIpc) is 2.34. The van der Waals surface area contributed by atoms with E-state index in [9.17, 15) is 4.39 Å². The summed E-state index contributed by atoms with van der Waals surface area (Å²) in [5.74, 6) is 0.225. The second-order valence-corrected chi connectivity index (χ2v) is 4.36. The summed E-state index contributed by atoms with van der Waals surface area (Å²) in [6, 6.07) is 6.12. The molecule has 0 radical (unpaired) electrons. The molecular formula is C12H10BrFN2O2. The Morgan fingerprint density at radius 2 is 2.11 bits per heavy atom. The lowest BCUT2D eigenvalue weighted by molar-refractivity contribution is 0.408. The van der Waals surface area contributed by atoms with Crippen molar-refractivity contribution in [2.45, 2.75) is 0 Å². The molecule has 1 heterocycles. The highest BCUT2D eigenvalue weighted by atomic mass is 79.9. The Kier molecular flexibility index (Phi) is 3.66. The Morgan fingerprint density at radius 3 is 2.72 bits per heavy atom. The highest BCUT2D eigenvalue weighted by Gasteiger charge is 2.09. The predicted octanol–water partition coefficient (Wildman–Crippen LogP) is 3.37. The van der Waals surface area contributed by atoms with Crippen LogP contribution in [0.25, 0.3) is 0 Å². The molecule has 0 saturated carbocycles. The van der Waals surface area contributed by atoms with E-state index in [4.69, 9.17) is 15.2 Å². The van der Waals surface area contributed by atoms with Gasteiger partial charge in [-0.2, -0.15) is 0 Å². The summed E-state index contributed by atoms with van der Waals surface area (Å²) in [5, 5.41) is 0. The van der Waals surface area contributed by atoms with Gasteiger partial charge in [-0.05, 0) is 34.1 Å². The molecule has 2 rings (SSSR count). The fraction of sp³-hybridized carbons (Fsp3) is 0.0833. The van der Waals surface area contributed by atoms with Crippen LogP contribution < -0.4 is 15.2 Å². The van der Waals surface area contributed by atoms with Crippen LogP contribution in [0.2, 0.25) is 0 Å². The third kappa shape index (κ3) is 2.70. The fourth-order valence-corrected chi connectivity index (χ4v) is 1.63. The molecule has 94 valence electrons. The zero-order chi connectivity index (χ0) is 13.1. The van der Waals surface area contributed by atoms with E-state index in [1.165, 1.54) is 19.4 Å². The quantitative estimate of drug-likeness (QED) is 0.883. The zero-order valence-electron chi connectivity index (χ0n) is 9.48. The summed E-state index contributed by atoms with van der Waals surface area (Å²) in [6.45, 7) is 0. The standard InChI is InChI=1S/C12H10BrFN2O2/c1-17-8-2-3-11(10(15)5-8)18-12-9(14)4-7(13)6-16-12/h2-6H,15H2,1H3. The van der Waals surface area contributed by atoms with E-state index in [0.717, 1.165) is 0 Å². The number of benzene rings is 1. The first-order valence-corrected chi connectivity index (χ1v) is 5.82. The number of nitrogens with two attached hydrogens (primary N) is 1. The van der Waals surface area contributed by atoms with Crippen molar-refractivity contribution in [3.8, 4) is 17.4 Å². The first kappa shape index (κ1) is 12.6. The lowest BCUT2D eigenvalue weighted by Gasteiger charge is -2.09. The maximum Gasteiger partial charge on any atom is 0.256 e. The minimum Gasteiger partial charge on any atom is -0.497 e. The highest BCUT2D eigenvalue weighted by Crippen LogP contribution is 2.31. The summed E-state index contributed by atoms with van der Waals surface area (Å²) in [4.78, 5) is 3.83. The van der Waals surface area contributed by atoms with Crippen molar-refractivity contribution in [3.05, 3.63) is 40.8 Å². The SMILES string of the molecule is COc1ccc(Oc2ncc(Br)cc2F)c(N)c1. The molecule has 0 fully saturated rings. The van der Waals surface area contributed by atoms with E-state index in [1.807, 2.05) is 0 Å². The number of anilines is 1. The monoisotopic (exact) mass is 312 g/mol. The fourth-order valence-electron chi connectivity index (χ4n) is 1.33. The van der Waals surface area contributed by atoms with Gasteiger partial charge in [-0.1, -0.05) is 0 Å². The van der Waals surface area contributed by atoms with Gasteiger partial charge in [-0.25, -0.2) is 9.37 Å². The number of halogens is 2. The summed E-state index contributed by atoms with van der Waals surface area (Å²) in [5.41, 5.74) is 6.11. The van der Waals surface area contributed by atoms with E-state index in [0.29, 0.717) is 21.7 Å². The normalized spacial score (nSPS) is 10.2. The first-order valence-electron chi connectivity index (χ1n) is 5.02. The molecule has 0 aliphatic rings. The maximum atomic E-state index is 13.5. The van der Waals surface area contributed by atoms with Crippen molar-refractivity contribution in [2.75, 3.05) is 12.8 Å². The third-order valence-electron chi connectivity index (χ3n) is 2.20. The molecule has 0 aliphatic carbocycles. The molecule has 0 atom stereocenters. The molecule has 18 heavy (non-hydrogen) atoms. The molecule has 0 spiro atoms. The Morgan fingerprint density at radius 1 is 1.33 bits per heavy atom. The summed E-state index contributed by atoms with van der Waals surface area (Å²) in [7, 11) is 1.53. The second kappa shape index (κ2) is 5.22. The van der Waals surface area contributed by atoms with Gasteiger partial charge >= 0.3 is 0 Å². The van der Waals surface area contributed by atoms with E-state index in [1.54, 1.807) is 18.2 Å². The molecule has 1 aromatic heterocycles. The van der Waals surface area contributed by atoms with Gasteiger partial charge in [0, 0.05) is 16.7 Å². The number of ether oxygens (including phenoxy) is 2. The second-order valence-electron chi connectivity index (χ2n) is 3.45. The van der Waals surface area contributed by atoms with Crippen LogP contribution in [-0.4, -0.2) is 12.1 Å². The van der Waals surface area contributed by atoms with Crippen LogP contribution in [0.15, 0.2) is 34.9 Å². The molecule has 0 saturated heterocycles. The van der Waals surface area contributed by atoms with Crippen LogP contribution >= 0.6 is 15.9 Å². The van der Waals surface area contributed by atoms with Crippen molar-refractivity contribution in [3.63, 3.8) is 0 Å². The lowest BCUT2D eigenvalue weighted by atomic mass is 10.3. The Hall–Kier alpha value is -1.82. The number of nitrogens with zero attached hydrogens (tertiary/aromatic N) is 1. The molecule has 0 aliphatic heterocycles. The number of hydrogen-bond donors (Lipinski definition) is 1. The molecule has 0 bridgehead atoms. The van der Waals surface area contributed by atoms with Gasteiger partial charge in [-0.15, -0.1) is 0 Å². The number of hydrogen-bond acceptors (Lipinski definition) is 4. The van der Waals surface area contributed by atoms with Crippen LogP contribution in [-0.2, 0) is 0 Å². The molecule has 1 aromatic carbocycles. The topological polar surface area (TPSA) is 57.4 Å². The van der Waals surface area contributed by atoms with Gasteiger partial charge in [0.1, 0.15) is 5.75 Å². The van der Waals surface area contributed by atoms with Gasteiger partial charge < -0.3 is 15.2 Å². The largest absolute Gasteiger partial charge is 0.497 e. The van der Waals surface area contributed by atoms with Crippen LogP contribution in [0.1, 0.15) is 0 Å². The van der Waals surface area contributed by atoms with Gasteiger partial charge in [0.15, 0.2) is 11.6 Å². The van der Waals surface area contributed by atoms with Crippen LogP contribution in [0.4, 0.5) is 10.1 Å². The van der Waals surface area contributed by atoms with Gasteiger partial charge in [0.25, 0.3) is 5.88 Å². The number of rotatable bonds is 3. The van der Waals surface area contributed by atoms with Crippen molar-refractivity contribution in [1.82, 2.24) is 4.98 Å². The smallest absolute Gasteiger partial charge is 0.256 e. The lowest BCUT2D eigenvalue weighted by Crippen LogP contribution is -1.96. The number of pyridine rings is 1. The maximum absolute atomic E-state index is 13.5. The zero-order valence-corrected chi connectivity index (χ0v) is 11.1. The van der Waals surface area contributed by atoms with Crippen molar-refractivity contribution in [2.24, 2.45) is 0 Å². The molecule has 2 N–H and O–H groups in total. The molecule has 4 nitrogen and oxygen atoms in total. The minimum absolute atomic E-state index is 0.130. The highest BCUT2D eigenvalue weighted by molar-refractivity contribution is 9.10. The molecule has 0 amide bonds. The van der Waals surface area contributed by atoms with E-state index >= 15 is 0 Å². The van der Waals surface area contributed by atoms with Gasteiger partial charge in [0.05, 0.1) is 12.8 Å². The first-order chi connectivity index (χ1) is 8.60.